The number of anilines is 1. The minimum absolute atomic E-state index is 0.0154. The van der Waals surface area contributed by atoms with Crippen molar-refractivity contribution in [3.8, 4) is 0 Å². The van der Waals surface area contributed by atoms with Gasteiger partial charge in [0.1, 0.15) is 6.54 Å². The second-order valence-electron chi connectivity index (χ2n) is 6.55. The topological polar surface area (TPSA) is 63.7 Å². The van der Waals surface area contributed by atoms with Crippen LogP contribution in [0.2, 0.25) is 0 Å². The first-order valence-corrected chi connectivity index (χ1v) is 9.40. The highest BCUT2D eigenvalue weighted by atomic mass is 32.2. The molecule has 1 aromatic rings. The van der Waals surface area contributed by atoms with Crippen LogP contribution in [0.5, 0.6) is 0 Å². The van der Waals surface area contributed by atoms with Gasteiger partial charge in [-0.15, -0.1) is 0 Å². The minimum Gasteiger partial charge on any atom is -0.468 e. The number of nitrogens with zero attached hydrogens (tertiary/aromatic N) is 1. The smallest absolute Gasteiger partial charge is 0.326 e. The van der Waals surface area contributed by atoms with Crippen LogP contribution in [0.25, 0.3) is 0 Å². The summed E-state index contributed by atoms with van der Waals surface area (Å²) in [5.41, 5.74) is 1.57. The van der Waals surface area contributed by atoms with Gasteiger partial charge in [0.2, 0.25) is 10.0 Å². The summed E-state index contributed by atoms with van der Waals surface area (Å²) in [6.07, 6.45) is 1.33. The molecule has 0 spiro atoms. The molecule has 0 N–H and O–H groups in total. The summed E-state index contributed by atoms with van der Waals surface area (Å²) in [6.45, 7) is 7.89. The Morgan fingerprint density at radius 3 is 2.17 bits per heavy atom. The number of sulfonamides is 1. The molecule has 0 bridgehead atoms. The van der Waals surface area contributed by atoms with Gasteiger partial charge in [0.05, 0.1) is 18.6 Å². The van der Waals surface area contributed by atoms with E-state index in [2.05, 4.69) is 25.5 Å². The van der Waals surface area contributed by atoms with Gasteiger partial charge in [-0.1, -0.05) is 46.2 Å². The normalized spacial score (nSPS) is 12.0. The molecule has 6 heteroatoms. The highest BCUT2D eigenvalue weighted by Crippen LogP contribution is 2.26. The molecule has 0 atom stereocenters. The van der Waals surface area contributed by atoms with Crippen LogP contribution < -0.4 is 4.31 Å². The van der Waals surface area contributed by atoms with Gasteiger partial charge >= 0.3 is 5.97 Å². The summed E-state index contributed by atoms with van der Waals surface area (Å²) < 4.78 is 30.9. The molecule has 23 heavy (non-hydrogen) atoms. The van der Waals surface area contributed by atoms with Crippen molar-refractivity contribution in [1.29, 1.82) is 0 Å². The second kappa shape index (κ2) is 7.81. The van der Waals surface area contributed by atoms with Crippen LogP contribution in [0.3, 0.4) is 0 Å². The number of carbonyl (C=O) groups excluding carboxylic acids is 1. The van der Waals surface area contributed by atoms with Gasteiger partial charge in [0.25, 0.3) is 0 Å². The zero-order valence-corrected chi connectivity index (χ0v) is 15.4. The zero-order chi connectivity index (χ0) is 17.7. The minimum atomic E-state index is -3.56. The van der Waals surface area contributed by atoms with Gasteiger partial charge in [0.15, 0.2) is 0 Å². The molecule has 0 aromatic heterocycles. The largest absolute Gasteiger partial charge is 0.468 e. The van der Waals surface area contributed by atoms with Crippen LogP contribution in [-0.4, -0.2) is 33.8 Å². The van der Waals surface area contributed by atoms with E-state index in [0.29, 0.717) is 12.1 Å². The molecule has 0 unspecified atom stereocenters. The Labute approximate surface area is 139 Å². The SMILES string of the molecule is CCCCS(=O)(=O)N(CC(=O)OC)c1ccc(C(C)(C)C)cc1. The molecule has 0 aliphatic carbocycles. The molecule has 0 fully saturated rings. The van der Waals surface area contributed by atoms with Crippen molar-refractivity contribution in [2.24, 2.45) is 0 Å². The third-order valence-electron chi connectivity index (χ3n) is 3.61. The third kappa shape index (κ3) is 5.53. The van der Waals surface area contributed by atoms with Crippen molar-refractivity contribution in [3.05, 3.63) is 29.8 Å². The average molecular weight is 341 g/mol. The summed E-state index contributed by atoms with van der Waals surface area (Å²) in [6, 6.07) is 7.28. The van der Waals surface area contributed by atoms with Crippen molar-refractivity contribution in [2.45, 2.75) is 46.0 Å². The van der Waals surface area contributed by atoms with Crippen LogP contribution in [0.4, 0.5) is 5.69 Å². The van der Waals surface area contributed by atoms with E-state index in [1.54, 1.807) is 12.1 Å². The zero-order valence-electron chi connectivity index (χ0n) is 14.6. The molecule has 1 rings (SSSR count). The Balaban J connectivity index is 3.16. The predicted octanol–water partition coefficient (Wildman–Crippen LogP) is 3.09. The van der Waals surface area contributed by atoms with E-state index >= 15 is 0 Å². The molecule has 130 valence electrons. The third-order valence-corrected chi connectivity index (χ3v) is 5.43. The van der Waals surface area contributed by atoms with Crippen LogP contribution in [0.1, 0.15) is 46.1 Å². The van der Waals surface area contributed by atoms with E-state index in [1.807, 2.05) is 19.1 Å². The summed E-state index contributed by atoms with van der Waals surface area (Å²) in [4.78, 5) is 11.6. The van der Waals surface area contributed by atoms with Gasteiger partial charge in [-0.2, -0.15) is 0 Å². The lowest BCUT2D eigenvalue weighted by Crippen LogP contribution is -2.37. The molecule has 0 aliphatic heterocycles. The lowest BCUT2D eigenvalue weighted by molar-refractivity contribution is -0.138. The number of carbonyl (C=O) groups is 1. The van der Waals surface area contributed by atoms with E-state index in [9.17, 15) is 13.2 Å². The van der Waals surface area contributed by atoms with Crippen molar-refractivity contribution >= 4 is 21.7 Å². The summed E-state index contributed by atoms with van der Waals surface area (Å²) in [5, 5.41) is 0. The Kier molecular flexibility index (Phi) is 6.62. The first-order chi connectivity index (χ1) is 10.6. The first-order valence-electron chi connectivity index (χ1n) is 7.79. The fraction of sp³-hybridized carbons (Fsp3) is 0.588. The maximum atomic E-state index is 12.5. The molecule has 0 aliphatic rings. The second-order valence-corrected chi connectivity index (χ2v) is 8.56. The predicted molar refractivity (Wildman–Crippen MR) is 93.2 cm³/mol. The lowest BCUT2D eigenvalue weighted by atomic mass is 9.87. The molecule has 1 aromatic carbocycles. The van der Waals surface area contributed by atoms with Crippen molar-refractivity contribution in [3.63, 3.8) is 0 Å². The Morgan fingerprint density at radius 2 is 1.74 bits per heavy atom. The summed E-state index contributed by atoms with van der Waals surface area (Å²) in [7, 11) is -2.31. The van der Waals surface area contributed by atoms with Crippen molar-refractivity contribution < 1.29 is 17.9 Å². The van der Waals surface area contributed by atoms with Gasteiger partial charge in [-0.3, -0.25) is 9.10 Å². The highest BCUT2D eigenvalue weighted by molar-refractivity contribution is 7.92. The molecular weight excluding hydrogens is 314 g/mol. The van der Waals surface area contributed by atoms with Gasteiger partial charge in [0, 0.05) is 0 Å². The number of hydrogen-bond donors (Lipinski definition) is 0. The van der Waals surface area contributed by atoms with Crippen LogP contribution in [0.15, 0.2) is 24.3 Å². The molecule has 0 radical (unpaired) electrons. The number of benzene rings is 1. The number of esters is 1. The summed E-state index contributed by atoms with van der Waals surface area (Å²) in [5.74, 6) is -0.563. The van der Waals surface area contributed by atoms with E-state index in [-0.39, 0.29) is 17.7 Å². The van der Waals surface area contributed by atoms with Crippen molar-refractivity contribution in [2.75, 3.05) is 23.7 Å². The monoisotopic (exact) mass is 341 g/mol. The van der Waals surface area contributed by atoms with Gasteiger partial charge < -0.3 is 4.74 Å². The molecule has 0 saturated carbocycles. The number of hydrogen-bond acceptors (Lipinski definition) is 4. The average Bonchev–Trinajstić information content (AvgIpc) is 2.49. The molecule has 5 nitrogen and oxygen atoms in total. The van der Waals surface area contributed by atoms with Gasteiger partial charge in [-0.25, -0.2) is 8.42 Å². The Morgan fingerprint density at radius 1 is 1.17 bits per heavy atom. The van der Waals surface area contributed by atoms with E-state index < -0.39 is 16.0 Å². The summed E-state index contributed by atoms with van der Waals surface area (Å²) >= 11 is 0. The van der Waals surface area contributed by atoms with Crippen molar-refractivity contribution in [1.82, 2.24) is 0 Å². The maximum Gasteiger partial charge on any atom is 0.326 e. The highest BCUT2D eigenvalue weighted by Gasteiger charge is 2.25. The first kappa shape index (κ1) is 19.5. The molecule has 0 saturated heterocycles. The fourth-order valence-electron chi connectivity index (χ4n) is 2.10. The van der Waals surface area contributed by atoms with Crippen LogP contribution >= 0.6 is 0 Å². The lowest BCUT2D eigenvalue weighted by Gasteiger charge is -2.25. The molecule has 0 amide bonds. The number of unbranched alkanes of at least 4 members (excludes halogenated alkanes) is 1. The number of methoxy groups -OCH3 is 1. The van der Waals surface area contributed by atoms with E-state index in [0.717, 1.165) is 16.3 Å². The maximum absolute atomic E-state index is 12.5. The van der Waals surface area contributed by atoms with Crippen LogP contribution in [-0.2, 0) is 25.0 Å². The molecular formula is C17H27NO4S. The van der Waals surface area contributed by atoms with E-state index in [1.165, 1.54) is 7.11 Å². The quantitative estimate of drug-likeness (QED) is 0.715. The van der Waals surface area contributed by atoms with Gasteiger partial charge in [-0.05, 0) is 29.5 Å². The van der Waals surface area contributed by atoms with Crippen LogP contribution in [0, 0.1) is 0 Å². The number of ether oxygens (including phenoxy) is 1. The fourth-order valence-corrected chi connectivity index (χ4v) is 3.72. The molecule has 0 heterocycles. The standard InChI is InChI=1S/C17H27NO4S/c1-6-7-12-23(20,21)18(13-16(19)22-5)15-10-8-14(9-11-15)17(2,3)4/h8-11H,6-7,12-13H2,1-5H3. The van der Waals surface area contributed by atoms with E-state index in [4.69, 9.17) is 0 Å². The Hall–Kier alpha value is -1.56. The number of rotatable bonds is 7. The Bertz CT molecular complexity index is 615.